The minimum Gasteiger partial charge on any atom is -0.367 e. The number of unbranched alkanes of at least 4 members (excludes halogenated alkanes) is 2. The summed E-state index contributed by atoms with van der Waals surface area (Å²) >= 11 is 1.38. The Labute approximate surface area is 95.7 Å². The van der Waals surface area contributed by atoms with Crippen LogP contribution in [0.5, 0.6) is 0 Å². The van der Waals surface area contributed by atoms with Crippen LogP contribution in [0, 0.1) is 0 Å². The molecule has 0 aromatic carbocycles. The highest BCUT2D eigenvalue weighted by atomic mass is 32.1. The summed E-state index contributed by atoms with van der Waals surface area (Å²) < 4.78 is 4.01. The smallest absolute Gasteiger partial charge is 0.233 e. The zero-order valence-corrected chi connectivity index (χ0v) is 10.5. The Bertz CT molecular complexity index is 285. The van der Waals surface area contributed by atoms with Gasteiger partial charge in [0, 0.05) is 24.1 Å². The average molecular weight is 228 g/mol. The predicted octanol–water partition coefficient (Wildman–Crippen LogP) is 2.53. The van der Waals surface area contributed by atoms with Crippen LogP contribution < -0.4 is 10.6 Å². The fourth-order valence-corrected chi connectivity index (χ4v) is 2.21. The molecule has 0 radical (unpaired) electrons. The van der Waals surface area contributed by atoms with Gasteiger partial charge in [-0.05, 0) is 20.3 Å². The quantitative estimate of drug-likeness (QED) is 0.760. The zero-order chi connectivity index (χ0) is 11.3. The van der Waals surface area contributed by atoms with E-state index in [4.69, 9.17) is 5.73 Å². The first-order chi connectivity index (χ1) is 7.15. The van der Waals surface area contributed by atoms with Crippen molar-refractivity contribution in [3.05, 3.63) is 0 Å². The molecular formula is C10H20N4S. The van der Waals surface area contributed by atoms with Gasteiger partial charge in [-0.3, -0.25) is 0 Å². The van der Waals surface area contributed by atoms with Crippen LogP contribution >= 0.6 is 11.5 Å². The van der Waals surface area contributed by atoms with E-state index in [9.17, 15) is 0 Å². The van der Waals surface area contributed by atoms with Crippen molar-refractivity contribution in [1.82, 2.24) is 9.36 Å². The zero-order valence-electron chi connectivity index (χ0n) is 9.73. The first kappa shape index (κ1) is 12.2. The predicted molar refractivity (Wildman–Crippen MR) is 66.3 cm³/mol. The topological polar surface area (TPSA) is 55.0 Å². The van der Waals surface area contributed by atoms with E-state index < -0.39 is 0 Å². The molecule has 0 unspecified atom stereocenters. The van der Waals surface area contributed by atoms with Crippen molar-refractivity contribution < 1.29 is 0 Å². The number of hydrogen-bond donors (Lipinski definition) is 1. The molecule has 0 aliphatic rings. The number of nitrogen functional groups attached to an aromatic ring is 1. The molecule has 0 aliphatic carbocycles. The van der Waals surface area contributed by atoms with Crippen molar-refractivity contribution in [3.63, 3.8) is 0 Å². The fraction of sp³-hybridized carbons (Fsp3) is 0.800. The van der Waals surface area contributed by atoms with E-state index in [1.165, 1.54) is 30.8 Å². The van der Waals surface area contributed by atoms with Gasteiger partial charge in [0.15, 0.2) is 0 Å². The molecule has 0 saturated heterocycles. The van der Waals surface area contributed by atoms with Gasteiger partial charge >= 0.3 is 0 Å². The van der Waals surface area contributed by atoms with Crippen LogP contribution in [0.25, 0.3) is 0 Å². The van der Waals surface area contributed by atoms with E-state index in [0.717, 1.165) is 11.7 Å². The Balaban J connectivity index is 2.58. The molecule has 0 saturated carbocycles. The van der Waals surface area contributed by atoms with Crippen molar-refractivity contribution >= 4 is 22.6 Å². The molecule has 1 rings (SSSR count). The van der Waals surface area contributed by atoms with Crippen LogP contribution in [0.15, 0.2) is 0 Å². The second kappa shape index (κ2) is 5.90. The van der Waals surface area contributed by atoms with Gasteiger partial charge in [-0.1, -0.05) is 19.8 Å². The van der Waals surface area contributed by atoms with Gasteiger partial charge in [-0.25, -0.2) is 0 Å². The Morgan fingerprint density at radius 2 is 2.13 bits per heavy atom. The second-order valence-electron chi connectivity index (χ2n) is 3.93. The molecule has 0 spiro atoms. The number of nitrogens with zero attached hydrogens (tertiary/aromatic N) is 3. The van der Waals surface area contributed by atoms with Gasteiger partial charge in [0.05, 0.1) is 0 Å². The molecule has 1 aromatic heterocycles. The van der Waals surface area contributed by atoms with Crippen LogP contribution in [0.4, 0.5) is 11.1 Å². The molecule has 0 atom stereocenters. The lowest BCUT2D eigenvalue weighted by molar-refractivity contribution is 0.625. The van der Waals surface area contributed by atoms with E-state index in [1.54, 1.807) is 0 Å². The Morgan fingerprint density at radius 3 is 2.60 bits per heavy atom. The van der Waals surface area contributed by atoms with Crippen molar-refractivity contribution in [3.8, 4) is 0 Å². The van der Waals surface area contributed by atoms with Gasteiger partial charge in [-0.2, -0.15) is 9.36 Å². The van der Waals surface area contributed by atoms with E-state index in [2.05, 4.69) is 35.0 Å². The fourth-order valence-electron chi connectivity index (χ4n) is 1.45. The first-order valence-corrected chi connectivity index (χ1v) is 6.28. The third kappa shape index (κ3) is 3.66. The number of anilines is 2. The lowest BCUT2D eigenvalue weighted by atomic mass is 10.2. The highest BCUT2D eigenvalue weighted by Crippen LogP contribution is 2.21. The lowest BCUT2D eigenvalue weighted by Crippen LogP contribution is -2.31. The van der Waals surface area contributed by atoms with E-state index in [1.807, 2.05) is 0 Å². The summed E-state index contributed by atoms with van der Waals surface area (Å²) in [5.74, 6) is 0.385. The third-order valence-corrected chi connectivity index (χ3v) is 3.07. The van der Waals surface area contributed by atoms with Gasteiger partial charge in [-0.15, -0.1) is 0 Å². The summed E-state index contributed by atoms with van der Waals surface area (Å²) in [6.45, 7) is 7.59. The van der Waals surface area contributed by atoms with Gasteiger partial charge in [0.25, 0.3) is 0 Å². The largest absolute Gasteiger partial charge is 0.367 e. The lowest BCUT2D eigenvalue weighted by Gasteiger charge is -2.25. The van der Waals surface area contributed by atoms with Crippen molar-refractivity contribution in [1.29, 1.82) is 0 Å². The van der Waals surface area contributed by atoms with E-state index in [-0.39, 0.29) is 0 Å². The maximum absolute atomic E-state index is 5.53. The standard InChI is InChI=1S/C10H20N4S/c1-4-5-6-7-14(8(2)3)10-12-9(11)13-15-10/h8H,4-7H2,1-3H3,(H2,11,13). The SMILES string of the molecule is CCCCCN(c1nc(N)ns1)C(C)C. The Kier molecular flexibility index (Phi) is 4.81. The summed E-state index contributed by atoms with van der Waals surface area (Å²) in [6, 6.07) is 0.453. The summed E-state index contributed by atoms with van der Waals surface area (Å²) in [5, 5.41) is 0.943. The van der Waals surface area contributed by atoms with Gasteiger partial charge < -0.3 is 10.6 Å². The van der Waals surface area contributed by atoms with E-state index in [0.29, 0.717) is 12.0 Å². The highest BCUT2D eigenvalue weighted by Gasteiger charge is 2.14. The Morgan fingerprint density at radius 1 is 1.40 bits per heavy atom. The molecular weight excluding hydrogens is 208 g/mol. The van der Waals surface area contributed by atoms with Crippen molar-refractivity contribution in [2.24, 2.45) is 0 Å². The first-order valence-electron chi connectivity index (χ1n) is 5.51. The van der Waals surface area contributed by atoms with Crippen LogP contribution in [-0.4, -0.2) is 21.9 Å². The van der Waals surface area contributed by atoms with Crippen LogP contribution in [0.2, 0.25) is 0 Å². The summed E-state index contributed by atoms with van der Waals surface area (Å²) in [7, 11) is 0. The van der Waals surface area contributed by atoms with Crippen LogP contribution in [-0.2, 0) is 0 Å². The molecule has 5 heteroatoms. The molecule has 0 fully saturated rings. The van der Waals surface area contributed by atoms with Crippen molar-refractivity contribution in [2.45, 2.75) is 46.1 Å². The summed E-state index contributed by atoms with van der Waals surface area (Å²) in [5.41, 5.74) is 5.53. The molecule has 1 aromatic rings. The molecule has 2 N–H and O–H groups in total. The minimum atomic E-state index is 0.385. The van der Waals surface area contributed by atoms with Crippen molar-refractivity contribution in [2.75, 3.05) is 17.2 Å². The number of aromatic nitrogens is 2. The average Bonchev–Trinajstić information content (AvgIpc) is 2.59. The van der Waals surface area contributed by atoms with Gasteiger partial charge in [0.2, 0.25) is 11.1 Å². The molecule has 4 nitrogen and oxygen atoms in total. The molecule has 0 aliphatic heterocycles. The number of rotatable bonds is 6. The van der Waals surface area contributed by atoms with Gasteiger partial charge in [0.1, 0.15) is 0 Å². The minimum absolute atomic E-state index is 0.385. The van der Waals surface area contributed by atoms with E-state index >= 15 is 0 Å². The second-order valence-corrected chi connectivity index (χ2v) is 4.66. The Hall–Kier alpha value is -0.840. The maximum Gasteiger partial charge on any atom is 0.233 e. The summed E-state index contributed by atoms with van der Waals surface area (Å²) in [6.07, 6.45) is 3.70. The number of nitrogens with two attached hydrogens (primary N) is 1. The maximum atomic E-state index is 5.53. The molecule has 1 heterocycles. The molecule has 0 bridgehead atoms. The normalized spacial score (nSPS) is 10.9. The highest BCUT2D eigenvalue weighted by molar-refractivity contribution is 7.09. The van der Waals surface area contributed by atoms with Crippen LogP contribution in [0.1, 0.15) is 40.0 Å². The molecule has 15 heavy (non-hydrogen) atoms. The third-order valence-electron chi connectivity index (χ3n) is 2.30. The van der Waals surface area contributed by atoms with Crippen LogP contribution in [0.3, 0.4) is 0 Å². The summed E-state index contributed by atoms with van der Waals surface area (Å²) in [4.78, 5) is 6.49. The molecule has 0 amide bonds. The number of hydrogen-bond acceptors (Lipinski definition) is 5. The monoisotopic (exact) mass is 228 g/mol. The molecule has 86 valence electrons.